The Balaban J connectivity index is 1.83. The van der Waals surface area contributed by atoms with Gasteiger partial charge < -0.3 is 5.32 Å². The first-order valence-corrected chi connectivity index (χ1v) is 8.49. The highest BCUT2D eigenvalue weighted by molar-refractivity contribution is 5.14. The average molecular weight is 274 g/mol. The molecule has 2 nitrogen and oxygen atoms in total. The highest BCUT2D eigenvalue weighted by atomic mass is 14.9. The fraction of sp³-hybridized carbons (Fsp3) is 0.722. The molecule has 0 saturated heterocycles. The van der Waals surface area contributed by atoms with E-state index < -0.39 is 0 Å². The molecule has 20 heavy (non-hydrogen) atoms. The maximum absolute atomic E-state index is 4.61. The molecule has 0 aromatic carbocycles. The summed E-state index contributed by atoms with van der Waals surface area (Å²) in [7, 11) is 0. The number of hydrogen-bond donors (Lipinski definition) is 1. The molecule has 0 amide bonds. The van der Waals surface area contributed by atoms with Crippen LogP contribution in [0.15, 0.2) is 18.3 Å². The molecule has 1 atom stereocenters. The summed E-state index contributed by atoms with van der Waals surface area (Å²) in [6, 6.07) is 5.03. The number of nitrogens with zero attached hydrogens (tertiary/aromatic N) is 1. The highest BCUT2D eigenvalue weighted by Gasteiger charge is 2.17. The van der Waals surface area contributed by atoms with E-state index in [1.165, 1.54) is 49.8 Å². The zero-order valence-corrected chi connectivity index (χ0v) is 13.2. The number of aryl methyl sites for hydroxylation is 1. The largest absolute Gasteiger partial charge is 0.314 e. The van der Waals surface area contributed by atoms with E-state index >= 15 is 0 Å². The second-order valence-corrected chi connectivity index (χ2v) is 6.20. The van der Waals surface area contributed by atoms with Crippen LogP contribution in [0.5, 0.6) is 0 Å². The van der Waals surface area contributed by atoms with Crippen LogP contribution in [0.2, 0.25) is 0 Å². The maximum Gasteiger partial charge on any atom is 0.0419 e. The summed E-state index contributed by atoms with van der Waals surface area (Å²) in [5, 5.41) is 3.64. The molecule has 1 aliphatic rings. The van der Waals surface area contributed by atoms with Gasteiger partial charge in [-0.1, -0.05) is 45.6 Å². The van der Waals surface area contributed by atoms with Crippen LogP contribution in [0.1, 0.15) is 63.6 Å². The molecule has 1 aromatic heterocycles. The molecule has 1 unspecified atom stereocenters. The monoisotopic (exact) mass is 274 g/mol. The van der Waals surface area contributed by atoms with Crippen molar-refractivity contribution in [3.8, 4) is 0 Å². The Morgan fingerprint density at radius 3 is 2.65 bits per heavy atom. The van der Waals surface area contributed by atoms with Crippen LogP contribution in [-0.2, 0) is 12.8 Å². The van der Waals surface area contributed by atoms with Crippen LogP contribution >= 0.6 is 0 Å². The van der Waals surface area contributed by atoms with Gasteiger partial charge in [-0.3, -0.25) is 4.98 Å². The van der Waals surface area contributed by atoms with Crippen molar-refractivity contribution in [3.63, 3.8) is 0 Å². The lowest BCUT2D eigenvalue weighted by molar-refractivity contribution is 0.405. The van der Waals surface area contributed by atoms with Crippen LogP contribution in [-0.4, -0.2) is 17.6 Å². The summed E-state index contributed by atoms with van der Waals surface area (Å²) in [5.74, 6) is 0.992. The number of pyridine rings is 1. The minimum absolute atomic E-state index is 0.598. The van der Waals surface area contributed by atoms with E-state index in [0.717, 1.165) is 25.3 Å². The van der Waals surface area contributed by atoms with E-state index in [2.05, 4.69) is 36.3 Å². The number of hydrogen-bond acceptors (Lipinski definition) is 2. The Morgan fingerprint density at radius 1 is 1.25 bits per heavy atom. The molecular formula is C18H30N2. The van der Waals surface area contributed by atoms with Gasteiger partial charge in [0.2, 0.25) is 0 Å². The van der Waals surface area contributed by atoms with Gasteiger partial charge in [0, 0.05) is 24.4 Å². The van der Waals surface area contributed by atoms with Crippen LogP contribution in [0.4, 0.5) is 0 Å². The summed E-state index contributed by atoms with van der Waals surface area (Å²) in [6.45, 7) is 5.44. The van der Waals surface area contributed by atoms with Gasteiger partial charge in [-0.15, -0.1) is 0 Å². The zero-order chi connectivity index (χ0) is 14.2. The lowest BCUT2D eigenvalue weighted by Gasteiger charge is -2.19. The molecule has 1 fully saturated rings. The Kier molecular flexibility index (Phi) is 6.52. The fourth-order valence-corrected chi connectivity index (χ4v) is 3.34. The van der Waals surface area contributed by atoms with Gasteiger partial charge in [0.1, 0.15) is 0 Å². The van der Waals surface area contributed by atoms with Gasteiger partial charge in [0.15, 0.2) is 0 Å². The second kappa shape index (κ2) is 8.41. The molecule has 0 bridgehead atoms. The molecule has 112 valence electrons. The summed E-state index contributed by atoms with van der Waals surface area (Å²) < 4.78 is 0. The summed E-state index contributed by atoms with van der Waals surface area (Å²) >= 11 is 0. The van der Waals surface area contributed by atoms with E-state index in [4.69, 9.17) is 0 Å². The van der Waals surface area contributed by atoms with Crippen molar-refractivity contribution in [3.05, 3.63) is 29.6 Å². The Hall–Kier alpha value is -0.890. The molecule has 1 aromatic rings. The summed E-state index contributed by atoms with van der Waals surface area (Å²) in [5.41, 5.74) is 2.57. The first-order chi connectivity index (χ1) is 9.81. The normalized spacial score (nSPS) is 17.5. The standard InChI is InChI=1S/C18H30N2/c1-3-15-9-11-18(20-14-15)13-17(19-4-2)12-10-16-7-5-6-8-16/h9,11,14,16-17,19H,3-8,10,12-13H2,1-2H3. The molecule has 2 heteroatoms. The van der Waals surface area contributed by atoms with Gasteiger partial charge in [-0.25, -0.2) is 0 Å². The van der Waals surface area contributed by atoms with Crippen molar-refractivity contribution in [1.29, 1.82) is 0 Å². The summed E-state index contributed by atoms with van der Waals surface area (Å²) in [6.07, 6.45) is 12.7. The molecule has 1 N–H and O–H groups in total. The third-order valence-electron chi connectivity index (χ3n) is 4.64. The zero-order valence-electron chi connectivity index (χ0n) is 13.2. The predicted molar refractivity (Wildman–Crippen MR) is 86.0 cm³/mol. The Bertz CT molecular complexity index is 366. The van der Waals surface area contributed by atoms with Crippen LogP contribution in [0, 0.1) is 5.92 Å². The Morgan fingerprint density at radius 2 is 2.05 bits per heavy atom. The number of rotatable bonds is 8. The molecule has 0 spiro atoms. The van der Waals surface area contributed by atoms with Crippen molar-refractivity contribution in [2.45, 2.75) is 71.3 Å². The second-order valence-electron chi connectivity index (χ2n) is 6.20. The van der Waals surface area contributed by atoms with Crippen molar-refractivity contribution < 1.29 is 0 Å². The van der Waals surface area contributed by atoms with Crippen LogP contribution in [0.25, 0.3) is 0 Å². The van der Waals surface area contributed by atoms with Gasteiger partial charge in [-0.05, 0) is 43.4 Å². The fourth-order valence-electron chi connectivity index (χ4n) is 3.34. The van der Waals surface area contributed by atoms with E-state index in [1.54, 1.807) is 0 Å². The molecule has 2 rings (SSSR count). The molecule has 1 aliphatic carbocycles. The SMILES string of the molecule is CCNC(CCC1CCCC1)Cc1ccc(CC)cn1. The Labute approximate surface area is 124 Å². The van der Waals surface area contributed by atoms with Crippen LogP contribution in [0.3, 0.4) is 0 Å². The topological polar surface area (TPSA) is 24.9 Å². The minimum atomic E-state index is 0.598. The average Bonchev–Trinajstić information content (AvgIpc) is 2.99. The van der Waals surface area contributed by atoms with Crippen molar-refractivity contribution in [2.24, 2.45) is 5.92 Å². The highest BCUT2D eigenvalue weighted by Crippen LogP contribution is 2.29. The molecule has 1 heterocycles. The predicted octanol–water partition coefficient (Wildman–Crippen LogP) is 4.14. The molecule has 0 radical (unpaired) electrons. The molecule has 1 saturated carbocycles. The third-order valence-corrected chi connectivity index (χ3v) is 4.64. The number of aromatic nitrogens is 1. The first kappa shape index (κ1) is 15.5. The van der Waals surface area contributed by atoms with Gasteiger partial charge >= 0.3 is 0 Å². The lowest BCUT2D eigenvalue weighted by atomic mass is 9.96. The molecular weight excluding hydrogens is 244 g/mol. The number of likely N-dealkylation sites (N-methyl/N-ethyl adjacent to an activating group) is 1. The quantitative estimate of drug-likeness (QED) is 0.771. The van der Waals surface area contributed by atoms with Crippen molar-refractivity contribution in [2.75, 3.05) is 6.54 Å². The van der Waals surface area contributed by atoms with Crippen molar-refractivity contribution in [1.82, 2.24) is 10.3 Å². The van der Waals surface area contributed by atoms with Gasteiger partial charge in [0.25, 0.3) is 0 Å². The minimum Gasteiger partial charge on any atom is -0.314 e. The van der Waals surface area contributed by atoms with Crippen LogP contribution < -0.4 is 5.32 Å². The third kappa shape index (κ3) is 4.90. The maximum atomic E-state index is 4.61. The lowest BCUT2D eigenvalue weighted by Crippen LogP contribution is -2.31. The summed E-state index contributed by atoms with van der Waals surface area (Å²) in [4.78, 5) is 4.61. The number of nitrogens with one attached hydrogen (secondary N) is 1. The first-order valence-electron chi connectivity index (χ1n) is 8.49. The molecule has 0 aliphatic heterocycles. The van der Waals surface area contributed by atoms with E-state index in [-0.39, 0.29) is 0 Å². The van der Waals surface area contributed by atoms with Gasteiger partial charge in [0.05, 0.1) is 0 Å². The van der Waals surface area contributed by atoms with Gasteiger partial charge in [-0.2, -0.15) is 0 Å². The smallest absolute Gasteiger partial charge is 0.0419 e. The van der Waals surface area contributed by atoms with Crippen molar-refractivity contribution >= 4 is 0 Å². The van der Waals surface area contributed by atoms with E-state index in [1.807, 2.05) is 6.20 Å². The van der Waals surface area contributed by atoms with E-state index in [9.17, 15) is 0 Å². The van der Waals surface area contributed by atoms with E-state index in [0.29, 0.717) is 6.04 Å².